The van der Waals surface area contributed by atoms with Crippen LogP contribution >= 0.6 is 11.3 Å². The third-order valence-corrected chi connectivity index (χ3v) is 11.2. The van der Waals surface area contributed by atoms with Gasteiger partial charge in [-0.05, 0) is 50.8 Å². The zero-order valence-electron chi connectivity index (χ0n) is 31.0. The van der Waals surface area contributed by atoms with Crippen LogP contribution in [-0.2, 0) is 30.9 Å². The van der Waals surface area contributed by atoms with Gasteiger partial charge in [-0.3, -0.25) is 0 Å². The molecule has 1 aromatic heterocycles. The number of aryl methyl sites for hydroxylation is 2. The molecule has 9 heteroatoms. The van der Waals surface area contributed by atoms with Crippen LogP contribution < -0.4 is 4.57 Å². The Morgan fingerprint density at radius 3 is 2.00 bits per heavy atom. The van der Waals surface area contributed by atoms with Crippen molar-refractivity contribution in [2.24, 2.45) is 0 Å². The number of aromatic nitrogens is 1. The van der Waals surface area contributed by atoms with Gasteiger partial charge in [-0.1, -0.05) is 144 Å². The van der Waals surface area contributed by atoms with Crippen LogP contribution in [0.25, 0.3) is 10.2 Å². The molecule has 4 rings (SSSR count). The van der Waals surface area contributed by atoms with E-state index in [-0.39, 0.29) is 17.3 Å². The molecule has 0 bridgehead atoms. The number of benzene rings is 2. The van der Waals surface area contributed by atoms with Crippen LogP contribution in [0, 0.1) is 6.92 Å². The Balaban J connectivity index is 0.000000521. The van der Waals surface area contributed by atoms with Gasteiger partial charge in [0.25, 0.3) is 0 Å². The van der Waals surface area contributed by atoms with E-state index in [1.807, 2.05) is 18.3 Å². The summed E-state index contributed by atoms with van der Waals surface area (Å²) < 4.78 is 52.7. The Labute approximate surface area is 307 Å². The molecule has 1 aliphatic heterocycles. The standard InChI is InChI=1S/C34H58NO3S.C7H8O3S/c1-2-3-4-5-6-7-8-9-10-11-12-13-14-15-18-25-34-37-29-31(38-34)28-36-27-22-17-16-21-26-35-30-39-33-24-20-19-23-32(33)35;1-6-2-4-7(5-3-6)11(8,9)10/h19-20,23-24,30-31,34H,2-18,21-22,25-29H2,1H3;2-5H,1H3,(H,8,9,10)/q+1;/p-1/t31-,34-;/m0./s1. The van der Waals surface area contributed by atoms with E-state index in [0.29, 0.717) is 13.2 Å². The fraction of sp³-hybridized carbons (Fsp3) is 0.683. The topological polar surface area (TPSA) is 88.8 Å². The van der Waals surface area contributed by atoms with Crippen LogP contribution in [0.5, 0.6) is 0 Å². The Morgan fingerprint density at radius 2 is 1.36 bits per heavy atom. The van der Waals surface area contributed by atoms with E-state index in [1.165, 1.54) is 138 Å². The van der Waals surface area contributed by atoms with E-state index in [9.17, 15) is 13.0 Å². The molecular formula is C41H65NO6S2. The highest BCUT2D eigenvalue weighted by atomic mass is 32.2. The van der Waals surface area contributed by atoms with Gasteiger partial charge in [-0.25, -0.2) is 8.42 Å². The zero-order valence-corrected chi connectivity index (χ0v) is 32.7. The molecule has 0 aliphatic carbocycles. The average molecular weight is 732 g/mol. The smallest absolute Gasteiger partial charge is 0.225 e. The normalized spacial score (nSPS) is 16.1. The van der Waals surface area contributed by atoms with E-state index in [4.69, 9.17) is 14.2 Å². The van der Waals surface area contributed by atoms with Gasteiger partial charge in [-0.2, -0.15) is 4.57 Å². The molecule has 1 aliphatic rings. The van der Waals surface area contributed by atoms with Crippen LogP contribution in [0.2, 0.25) is 0 Å². The molecule has 282 valence electrons. The lowest BCUT2D eigenvalue weighted by Crippen LogP contribution is -2.31. The lowest BCUT2D eigenvalue weighted by atomic mass is 10.0. The van der Waals surface area contributed by atoms with Crippen LogP contribution in [0.3, 0.4) is 0 Å². The second kappa shape index (κ2) is 26.0. The molecule has 0 amide bonds. The summed E-state index contributed by atoms with van der Waals surface area (Å²) in [4.78, 5) is -0.178. The maximum atomic E-state index is 10.4. The Morgan fingerprint density at radius 1 is 0.780 bits per heavy atom. The molecule has 2 aromatic carbocycles. The molecule has 7 nitrogen and oxygen atoms in total. The Kier molecular flexibility index (Phi) is 22.1. The van der Waals surface area contributed by atoms with Gasteiger partial charge in [-0.15, -0.1) is 0 Å². The summed E-state index contributed by atoms with van der Waals surface area (Å²) in [5.41, 5.74) is 4.55. The largest absolute Gasteiger partial charge is 0.744 e. The number of nitrogens with zero attached hydrogens (tertiary/aromatic N) is 1. The predicted octanol–water partition coefficient (Wildman–Crippen LogP) is 10.7. The third-order valence-electron chi connectivity index (χ3n) is 9.39. The van der Waals surface area contributed by atoms with Gasteiger partial charge in [0.2, 0.25) is 11.0 Å². The number of thiazole rings is 1. The first-order valence-corrected chi connectivity index (χ1v) is 21.9. The van der Waals surface area contributed by atoms with Crippen LogP contribution in [-0.4, -0.2) is 45.2 Å². The summed E-state index contributed by atoms with van der Waals surface area (Å²) in [6.45, 7) is 7.42. The molecular weight excluding hydrogens is 667 g/mol. The molecule has 0 spiro atoms. The van der Waals surface area contributed by atoms with Crippen molar-refractivity contribution >= 4 is 31.7 Å². The fourth-order valence-corrected chi connectivity index (χ4v) is 7.73. The number of rotatable bonds is 26. The van der Waals surface area contributed by atoms with Crippen molar-refractivity contribution in [2.45, 2.75) is 166 Å². The predicted molar refractivity (Wildman–Crippen MR) is 205 cm³/mol. The quantitative estimate of drug-likeness (QED) is 0.0464. The summed E-state index contributed by atoms with van der Waals surface area (Å²) in [6, 6.07) is 14.5. The molecule has 0 radical (unpaired) electrons. The van der Waals surface area contributed by atoms with Crippen molar-refractivity contribution < 1.29 is 31.7 Å². The minimum Gasteiger partial charge on any atom is -0.744 e. The van der Waals surface area contributed by atoms with Crippen molar-refractivity contribution in [1.82, 2.24) is 0 Å². The minimum absolute atomic E-state index is 0.00809. The van der Waals surface area contributed by atoms with Gasteiger partial charge in [0.15, 0.2) is 6.29 Å². The van der Waals surface area contributed by atoms with Gasteiger partial charge in [0.1, 0.15) is 27.5 Å². The number of para-hydroxylation sites is 1. The van der Waals surface area contributed by atoms with Crippen molar-refractivity contribution in [3.63, 3.8) is 0 Å². The van der Waals surface area contributed by atoms with E-state index in [0.717, 1.165) is 31.6 Å². The molecule has 1 fully saturated rings. The lowest BCUT2D eigenvalue weighted by molar-refractivity contribution is -0.667. The highest BCUT2D eigenvalue weighted by Gasteiger charge is 2.25. The monoisotopic (exact) mass is 731 g/mol. The van der Waals surface area contributed by atoms with Gasteiger partial charge in [0, 0.05) is 19.1 Å². The van der Waals surface area contributed by atoms with Crippen molar-refractivity contribution in [1.29, 1.82) is 0 Å². The zero-order chi connectivity index (χ0) is 35.7. The van der Waals surface area contributed by atoms with Crippen LogP contribution in [0.1, 0.15) is 141 Å². The summed E-state index contributed by atoms with van der Waals surface area (Å²) in [7, 11) is -4.27. The second-order valence-corrected chi connectivity index (χ2v) is 16.2. The number of unbranched alkanes of at least 4 members (excludes halogenated alkanes) is 17. The first-order valence-electron chi connectivity index (χ1n) is 19.6. The number of hydrogen-bond donors (Lipinski definition) is 0. The highest BCUT2D eigenvalue weighted by molar-refractivity contribution is 7.85. The molecule has 2 atom stereocenters. The fourth-order valence-electron chi connectivity index (χ4n) is 6.33. The SMILES string of the molecule is CCCCCCCCCCCCCCCCC[C@H]1OC[C@H](COCCCCCC[n+]2csc3ccccc32)O1.Cc1ccc(S(=O)(=O)[O-])cc1. The molecule has 0 saturated carbocycles. The summed E-state index contributed by atoms with van der Waals surface area (Å²) in [5, 5.41) is 0. The van der Waals surface area contributed by atoms with E-state index in [1.54, 1.807) is 12.1 Å². The summed E-state index contributed by atoms with van der Waals surface area (Å²) >= 11 is 1.83. The molecule has 1 saturated heterocycles. The number of ether oxygens (including phenoxy) is 3. The lowest BCUT2D eigenvalue weighted by Gasteiger charge is -2.12. The minimum atomic E-state index is -4.27. The highest BCUT2D eigenvalue weighted by Crippen LogP contribution is 2.20. The summed E-state index contributed by atoms with van der Waals surface area (Å²) in [5.74, 6) is 0. The average Bonchev–Trinajstić information content (AvgIpc) is 3.74. The van der Waals surface area contributed by atoms with Crippen molar-refractivity contribution in [2.75, 3.05) is 19.8 Å². The molecule has 3 aromatic rings. The van der Waals surface area contributed by atoms with Gasteiger partial charge < -0.3 is 18.8 Å². The Hall–Kier alpha value is -1.88. The van der Waals surface area contributed by atoms with Crippen molar-refractivity contribution in [3.8, 4) is 0 Å². The van der Waals surface area contributed by atoms with E-state index in [2.05, 4.69) is 41.3 Å². The maximum Gasteiger partial charge on any atom is 0.225 e. The van der Waals surface area contributed by atoms with Gasteiger partial charge in [0.05, 0.1) is 18.1 Å². The molecule has 50 heavy (non-hydrogen) atoms. The van der Waals surface area contributed by atoms with E-state index < -0.39 is 10.1 Å². The van der Waals surface area contributed by atoms with Crippen LogP contribution in [0.15, 0.2) is 58.9 Å². The molecule has 0 N–H and O–H groups in total. The third kappa shape index (κ3) is 18.6. The Bertz CT molecular complexity index is 1380. The summed E-state index contributed by atoms with van der Waals surface area (Å²) in [6.07, 6.45) is 27.0. The molecule has 2 heterocycles. The second-order valence-electron chi connectivity index (χ2n) is 13.9. The number of hydrogen-bond acceptors (Lipinski definition) is 7. The maximum absolute atomic E-state index is 10.4. The molecule has 0 unspecified atom stereocenters. The van der Waals surface area contributed by atoms with E-state index >= 15 is 0 Å². The number of fused-ring (bicyclic) bond motifs is 1. The van der Waals surface area contributed by atoms with Crippen LogP contribution in [0.4, 0.5) is 0 Å². The first kappa shape index (κ1) is 42.5. The first-order chi connectivity index (χ1) is 24.4. The van der Waals surface area contributed by atoms with Crippen molar-refractivity contribution in [3.05, 3.63) is 59.6 Å². The van der Waals surface area contributed by atoms with Gasteiger partial charge >= 0.3 is 0 Å².